The second-order valence-electron chi connectivity index (χ2n) is 5.81. The van der Waals surface area contributed by atoms with Crippen LogP contribution in [0.5, 0.6) is 11.5 Å². The quantitative estimate of drug-likeness (QED) is 0.567. The van der Waals surface area contributed by atoms with Gasteiger partial charge < -0.3 is 19.1 Å². The van der Waals surface area contributed by atoms with Gasteiger partial charge in [-0.05, 0) is 31.0 Å². The molecule has 142 valence electrons. The van der Waals surface area contributed by atoms with Crippen molar-refractivity contribution in [3.8, 4) is 11.5 Å². The Morgan fingerprint density at radius 3 is 2.52 bits per heavy atom. The Kier molecular flexibility index (Phi) is 5.75. The van der Waals surface area contributed by atoms with Crippen LogP contribution in [0.25, 0.3) is 0 Å². The normalized spacial score (nSPS) is 13.4. The number of carbonyl (C=O) groups excluding carboxylic acids is 2. The summed E-state index contributed by atoms with van der Waals surface area (Å²) >= 11 is 6.09. The summed E-state index contributed by atoms with van der Waals surface area (Å²) in [6.45, 7) is 1.66. The van der Waals surface area contributed by atoms with Gasteiger partial charge >= 0.3 is 11.9 Å². The topological polar surface area (TPSA) is 90.9 Å². The van der Waals surface area contributed by atoms with E-state index in [-0.39, 0.29) is 27.8 Å². The highest BCUT2D eigenvalue weighted by molar-refractivity contribution is 6.33. The monoisotopic (exact) mass is 391 g/mol. The lowest BCUT2D eigenvalue weighted by Crippen LogP contribution is -2.22. The van der Waals surface area contributed by atoms with Crippen LogP contribution in [-0.2, 0) is 4.74 Å². The lowest BCUT2D eigenvalue weighted by Gasteiger charge is -2.16. The number of esters is 2. The zero-order chi connectivity index (χ0) is 19.4. The molecule has 27 heavy (non-hydrogen) atoms. The molecule has 1 aromatic carbocycles. The van der Waals surface area contributed by atoms with Crippen molar-refractivity contribution in [2.45, 2.75) is 12.8 Å². The van der Waals surface area contributed by atoms with E-state index in [9.17, 15) is 9.59 Å². The van der Waals surface area contributed by atoms with Crippen molar-refractivity contribution in [3.05, 3.63) is 40.7 Å². The average Bonchev–Trinajstić information content (AvgIpc) is 3.22. The lowest BCUT2D eigenvalue weighted by atomic mass is 10.2. The highest BCUT2D eigenvalue weighted by atomic mass is 35.5. The molecule has 0 radical (unpaired) electrons. The van der Waals surface area contributed by atoms with E-state index < -0.39 is 11.9 Å². The molecule has 2 heterocycles. The predicted molar refractivity (Wildman–Crippen MR) is 97.8 cm³/mol. The van der Waals surface area contributed by atoms with Crippen LogP contribution in [0.1, 0.15) is 33.7 Å². The minimum absolute atomic E-state index is 0.0346. The third kappa shape index (κ3) is 4.11. The molecule has 1 saturated heterocycles. The summed E-state index contributed by atoms with van der Waals surface area (Å²) in [6, 6.07) is 4.33. The maximum absolute atomic E-state index is 12.6. The molecule has 2 aromatic rings. The van der Waals surface area contributed by atoms with Crippen molar-refractivity contribution >= 4 is 29.5 Å². The van der Waals surface area contributed by atoms with Crippen LogP contribution < -0.4 is 14.4 Å². The second-order valence-corrected chi connectivity index (χ2v) is 6.21. The summed E-state index contributed by atoms with van der Waals surface area (Å²) in [5, 5.41) is 0.0908. The number of rotatable bonds is 5. The molecule has 0 aliphatic carbocycles. The number of nitrogens with zero attached hydrogens (tertiary/aromatic N) is 3. The van der Waals surface area contributed by atoms with Gasteiger partial charge in [0.15, 0.2) is 17.2 Å². The van der Waals surface area contributed by atoms with Gasteiger partial charge in [0, 0.05) is 13.1 Å². The van der Waals surface area contributed by atoms with E-state index in [1.165, 1.54) is 38.6 Å². The van der Waals surface area contributed by atoms with E-state index in [4.69, 9.17) is 21.1 Å². The lowest BCUT2D eigenvalue weighted by molar-refractivity contribution is 0.0600. The fraction of sp³-hybridized carbons (Fsp3) is 0.333. The zero-order valence-electron chi connectivity index (χ0n) is 14.9. The Morgan fingerprint density at radius 1 is 1.11 bits per heavy atom. The number of aromatic nitrogens is 2. The molecule has 3 rings (SSSR count). The minimum atomic E-state index is -0.744. The molecule has 0 N–H and O–H groups in total. The van der Waals surface area contributed by atoms with Crippen LogP contribution in [0.15, 0.2) is 24.4 Å². The summed E-state index contributed by atoms with van der Waals surface area (Å²) < 4.78 is 15.2. The van der Waals surface area contributed by atoms with Crippen LogP contribution in [0.2, 0.25) is 5.02 Å². The number of hydrogen-bond donors (Lipinski definition) is 0. The first-order valence-electron chi connectivity index (χ1n) is 8.29. The van der Waals surface area contributed by atoms with Gasteiger partial charge in [0.25, 0.3) is 0 Å². The maximum Gasteiger partial charge on any atom is 0.364 e. The van der Waals surface area contributed by atoms with Crippen molar-refractivity contribution in [1.29, 1.82) is 0 Å². The molecular weight excluding hydrogens is 374 g/mol. The Bertz CT molecular complexity index is 868. The first kappa shape index (κ1) is 18.9. The summed E-state index contributed by atoms with van der Waals surface area (Å²) in [6.07, 6.45) is 3.49. The van der Waals surface area contributed by atoms with Crippen molar-refractivity contribution in [1.82, 2.24) is 9.97 Å². The molecule has 1 fully saturated rings. The molecule has 0 saturated carbocycles. The van der Waals surface area contributed by atoms with E-state index in [1.54, 1.807) is 0 Å². The van der Waals surface area contributed by atoms with Gasteiger partial charge in [-0.3, -0.25) is 0 Å². The molecule has 8 nitrogen and oxygen atoms in total. The molecule has 1 aromatic heterocycles. The summed E-state index contributed by atoms with van der Waals surface area (Å²) in [5.74, 6) is -0.493. The van der Waals surface area contributed by atoms with E-state index in [2.05, 4.69) is 14.7 Å². The molecule has 1 aliphatic rings. The largest absolute Gasteiger partial charge is 0.493 e. The van der Waals surface area contributed by atoms with Crippen LogP contribution in [0.3, 0.4) is 0 Å². The number of hydrogen-bond acceptors (Lipinski definition) is 8. The Labute approximate surface area is 161 Å². The van der Waals surface area contributed by atoms with Gasteiger partial charge in [-0.25, -0.2) is 19.6 Å². The van der Waals surface area contributed by atoms with Crippen molar-refractivity contribution < 1.29 is 23.8 Å². The number of anilines is 1. The standard InChI is InChI=1S/C18H18ClN3O5/c1-25-14-9-11(16(23)26-2)5-6-13(14)27-17(24)15-12(19)10-20-18(21-15)22-7-3-4-8-22/h5-6,9-10H,3-4,7-8H2,1-2H3. The van der Waals surface area contributed by atoms with E-state index in [0.717, 1.165) is 25.9 Å². The predicted octanol–water partition coefficient (Wildman–Crippen LogP) is 2.74. The second kappa shape index (κ2) is 8.22. The Balaban J connectivity index is 1.84. The molecule has 0 unspecified atom stereocenters. The third-order valence-electron chi connectivity index (χ3n) is 4.10. The third-order valence-corrected chi connectivity index (χ3v) is 4.38. The van der Waals surface area contributed by atoms with E-state index in [0.29, 0.717) is 5.95 Å². The molecule has 0 atom stereocenters. The fourth-order valence-electron chi connectivity index (χ4n) is 2.72. The van der Waals surface area contributed by atoms with Crippen LogP contribution in [0.4, 0.5) is 5.95 Å². The number of benzene rings is 1. The Morgan fingerprint density at radius 2 is 1.85 bits per heavy atom. The fourth-order valence-corrected chi connectivity index (χ4v) is 2.88. The van der Waals surface area contributed by atoms with Crippen molar-refractivity contribution in [2.75, 3.05) is 32.2 Å². The highest BCUT2D eigenvalue weighted by Crippen LogP contribution is 2.30. The van der Waals surface area contributed by atoms with Crippen molar-refractivity contribution in [3.63, 3.8) is 0 Å². The first-order chi connectivity index (χ1) is 13.0. The number of ether oxygens (including phenoxy) is 3. The first-order valence-corrected chi connectivity index (χ1v) is 8.67. The number of halogens is 1. The summed E-state index contributed by atoms with van der Waals surface area (Å²) in [5.41, 5.74) is 0.234. The maximum atomic E-state index is 12.6. The molecule has 0 amide bonds. The summed E-state index contributed by atoms with van der Waals surface area (Å²) in [7, 11) is 2.68. The molecule has 9 heteroatoms. The number of carbonyl (C=O) groups is 2. The van der Waals surface area contributed by atoms with E-state index >= 15 is 0 Å². The molecular formula is C18H18ClN3O5. The molecule has 0 spiro atoms. The van der Waals surface area contributed by atoms with Crippen LogP contribution in [0, 0.1) is 0 Å². The summed E-state index contributed by atoms with van der Waals surface area (Å²) in [4.78, 5) is 34.6. The SMILES string of the molecule is COC(=O)c1ccc(OC(=O)c2nc(N3CCCC3)ncc2Cl)c(OC)c1. The van der Waals surface area contributed by atoms with Gasteiger partial charge in [0.1, 0.15) is 0 Å². The van der Waals surface area contributed by atoms with Crippen LogP contribution >= 0.6 is 11.6 Å². The average molecular weight is 392 g/mol. The van der Waals surface area contributed by atoms with Gasteiger partial charge in [-0.1, -0.05) is 11.6 Å². The van der Waals surface area contributed by atoms with Gasteiger partial charge in [0.2, 0.25) is 5.95 Å². The van der Waals surface area contributed by atoms with Gasteiger partial charge in [0.05, 0.1) is 31.0 Å². The molecule has 0 bridgehead atoms. The van der Waals surface area contributed by atoms with E-state index in [1.807, 2.05) is 4.90 Å². The van der Waals surface area contributed by atoms with Gasteiger partial charge in [-0.2, -0.15) is 0 Å². The number of methoxy groups -OCH3 is 2. The van der Waals surface area contributed by atoms with Gasteiger partial charge in [-0.15, -0.1) is 0 Å². The molecule has 1 aliphatic heterocycles. The minimum Gasteiger partial charge on any atom is -0.493 e. The van der Waals surface area contributed by atoms with Crippen LogP contribution in [-0.4, -0.2) is 49.2 Å². The van der Waals surface area contributed by atoms with Crippen molar-refractivity contribution in [2.24, 2.45) is 0 Å². The highest BCUT2D eigenvalue weighted by Gasteiger charge is 2.22. The zero-order valence-corrected chi connectivity index (χ0v) is 15.7. The Hall–Kier alpha value is -2.87. The smallest absolute Gasteiger partial charge is 0.364 e.